The van der Waals surface area contributed by atoms with Crippen molar-refractivity contribution in [2.24, 2.45) is 0 Å². The van der Waals surface area contributed by atoms with Crippen LogP contribution in [-0.2, 0) is 20.4 Å². The molecule has 0 bridgehead atoms. The molecule has 2 heterocycles. The van der Waals surface area contributed by atoms with Gasteiger partial charge in [0.25, 0.3) is 0 Å². The van der Waals surface area contributed by atoms with Gasteiger partial charge in [-0.1, -0.05) is 11.8 Å². The lowest BCUT2D eigenvalue weighted by molar-refractivity contribution is -0.141. The van der Waals surface area contributed by atoms with Gasteiger partial charge in [-0.2, -0.15) is 13.2 Å². The Morgan fingerprint density at radius 1 is 1.09 bits per heavy atom. The predicted molar refractivity (Wildman–Crippen MR) is 112 cm³/mol. The van der Waals surface area contributed by atoms with Gasteiger partial charge < -0.3 is 14.8 Å². The van der Waals surface area contributed by atoms with Crippen LogP contribution in [-0.4, -0.2) is 46.8 Å². The number of halogens is 3. The number of nitrogens with zero attached hydrogens (tertiary/aromatic N) is 2. The largest absolute Gasteiger partial charge is 0.462 e. The smallest absolute Gasteiger partial charge is 0.433 e. The summed E-state index contributed by atoms with van der Waals surface area (Å²) in [4.78, 5) is 44.4. The molecule has 0 saturated heterocycles. The first kappa shape index (κ1) is 25.6. The van der Waals surface area contributed by atoms with Crippen LogP contribution in [0, 0.1) is 13.8 Å². The van der Waals surface area contributed by atoms with Crippen molar-refractivity contribution in [3.8, 4) is 0 Å². The van der Waals surface area contributed by atoms with E-state index in [9.17, 15) is 27.6 Å². The Balaban J connectivity index is 2.22. The molecule has 0 radical (unpaired) electrons. The quantitative estimate of drug-likeness (QED) is 0.332. The Kier molecular flexibility index (Phi) is 8.61. The zero-order chi connectivity index (χ0) is 24.1. The molecular weight excluding hydrogens is 471 g/mol. The molecule has 0 atom stereocenters. The van der Waals surface area contributed by atoms with Gasteiger partial charge in [0.2, 0.25) is 5.91 Å². The van der Waals surface area contributed by atoms with Crippen molar-refractivity contribution in [2.75, 3.05) is 24.3 Å². The molecule has 32 heavy (non-hydrogen) atoms. The number of aryl methyl sites for hydroxylation is 1. The third-order valence-electron chi connectivity index (χ3n) is 3.80. The topological polar surface area (TPSA) is 107 Å². The Labute approximate surface area is 189 Å². The molecule has 0 aliphatic heterocycles. The van der Waals surface area contributed by atoms with Crippen molar-refractivity contribution in [3.05, 3.63) is 33.5 Å². The van der Waals surface area contributed by atoms with E-state index in [-0.39, 0.29) is 45.3 Å². The van der Waals surface area contributed by atoms with Gasteiger partial charge in [0.15, 0.2) is 5.16 Å². The zero-order valence-corrected chi connectivity index (χ0v) is 19.2. The van der Waals surface area contributed by atoms with E-state index in [4.69, 9.17) is 9.47 Å². The third-order valence-corrected chi connectivity index (χ3v) is 5.83. The van der Waals surface area contributed by atoms with Gasteiger partial charge in [-0.15, -0.1) is 11.3 Å². The van der Waals surface area contributed by atoms with Crippen molar-refractivity contribution >= 4 is 45.9 Å². The molecule has 0 aliphatic rings. The van der Waals surface area contributed by atoms with Crippen LogP contribution < -0.4 is 5.32 Å². The minimum atomic E-state index is -4.64. The molecule has 0 aliphatic carbocycles. The number of rotatable bonds is 8. The number of carbonyl (C=O) groups excluding carboxylic acids is 3. The molecule has 2 aromatic rings. The zero-order valence-electron chi connectivity index (χ0n) is 17.6. The Hall–Kier alpha value is -2.67. The molecule has 0 unspecified atom stereocenters. The maximum absolute atomic E-state index is 12.9. The van der Waals surface area contributed by atoms with Crippen molar-refractivity contribution < 1.29 is 37.0 Å². The lowest BCUT2D eigenvalue weighted by atomic mass is 10.1. The number of amides is 1. The molecule has 1 amide bonds. The summed E-state index contributed by atoms with van der Waals surface area (Å²) in [6, 6.07) is 0.807. The molecule has 0 fully saturated rings. The Morgan fingerprint density at radius 2 is 1.72 bits per heavy atom. The minimum Gasteiger partial charge on any atom is -0.462 e. The van der Waals surface area contributed by atoms with E-state index in [1.807, 2.05) is 0 Å². The van der Waals surface area contributed by atoms with E-state index in [0.29, 0.717) is 17.3 Å². The van der Waals surface area contributed by atoms with Crippen LogP contribution in [0.4, 0.5) is 18.2 Å². The van der Waals surface area contributed by atoms with Crippen molar-refractivity contribution in [1.82, 2.24) is 9.97 Å². The Bertz CT molecular complexity index is 1020. The minimum absolute atomic E-state index is 0.0180. The number of hydrogen-bond donors (Lipinski definition) is 1. The number of nitrogens with one attached hydrogen (secondary N) is 1. The summed E-state index contributed by atoms with van der Waals surface area (Å²) in [7, 11) is 0. The Morgan fingerprint density at radius 3 is 2.31 bits per heavy atom. The molecule has 0 aromatic carbocycles. The van der Waals surface area contributed by atoms with E-state index >= 15 is 0 Å². The summed E-state index contributed by atoms with van der Waals surface area (Å²) >= 11 is 1.55. The van der Waals surface area contributed by atoms with Crippen LogP contribution in [0.5, 0.6) is 0 Å². The number of aromatic nitrogens is 2. The van der Waals surface area contributed by atoms with Crippen LogP contribution in [0.1, 0.15) is 50.8 Å². The predicted octanol–water partition coefficient (Wildman–Crippen LogP) is 4.26. The van der Waals surface area contributed by atoms with Crippen LogP contribution in [0.15, 0.2) is 11.2 Å². The van der Waals surface area contributed by atoms with E-state index in [2.05, 4.69) is 15.3 Å². The lowest BCUT2D eigenvalue weighted by Crippen LogP contribution is -2.17. The highest BCUT2D eigenvalue weighted by Crippen LogP contribution is 2.35. The summed E-state index contributed by atoms with van der Waals surface area (Å²) in [6.45, 7) is 6.36. The summed E-state index contributed by atoms with van der Waals surface area (Å²) in [5.74, 6) is -2.33. The summed E-state index contributed by atoms with van der Waals surface area (Å²) in [5.41, 5.74) is -0.686. The van der Waals surface area contributed by atoms with Gasteiger partial charge in [0.1, 0.15) is 15.6 Å². The van der Waals surface area contributed by atoms with E-state index in [1.54, 1.807) is 13.8 Å². The fourth-order valence-electron chi connectivity index (χ4n) is 2.49. The molecular formula is C19H20F3N3O5S2. The first-order valence-electron chi connectivity index (χ1n) is 9.31. The van der Waals surface area contributed by atoms with Crippen LogP contribution in [0.25, 0.3) is 0 Å². The summed E-state index contributed by atoms with van der Waals surface area (Å²) < 4.78 is 48.7. The van der Waals surface area contributed by atoms with Gasteiger partial charge in [-0.05, 0) is 39.3 Å². The second kappa shape index (κ2) is 10.8. The molecule has 2 aromatic heterocycles. The molecule has 1 N–H and O–H groups in total. The summed E-state index contributed by atoms with van der Waals surface area (Å²) in [6.07, 6.45) is -4.64. The van der Waals surface area contributed by atoms with Gasteiger partial charge >= 0.3 is 18.1 Å². The van der Waals surface area contributed by atoms with Gasteiger partial charge in [-0.25, -0.2) is 19.6 Å². The first-order valence-corrected chi connectivity index (χ1v) is 11.1. The van der Waals surface area contributed by atoms with Crippen molar-refractivity contribution in [1.29, 1.82) is 0 Å². The van der Waals surface area contributed by atoms with E-state index < -0.39 is 29.7 Å². The maximum atomic E-state index is 12.9. The monoisotopic (exact) mass is 491 g/mol. The van der Waals surface area contributed by atoms with Gasteiger partial charge in [0, 0.05) is 5.69 Å². The molecule has 8 nitrogen and oxygen atoms in total. The number of ether oxygens (including phenoxy) is 2. The average molecular weight is 492 g/mol. The highest BCUT2D eigenvalue weighted by atomic mass is 32.2. The van der Waals surface area contributed by atoms with Crippen molar-refractivity contribution in [2.45, 2.75) is 39.0 Å². The average Bonchev–Trinajstić information content (AvgIpc) is 3.01. The number of thiophene rings is 1. The highest BCUT2D eigenvalue weighted by molar-refractivity contribution is 7.99. The SMILES string of the molecule is CCOC(=O)c1sc(NC(=O)CSc2nc(C)cc(C(F)(F)F)n2)c(C(=O)OCC)c1C. The van der Waals surface area contributed by atoms with E-state index in [1.165, 1.54) is 13.8 Å². The van der Waals surface area contributed by atoms with Crippen LogP contribution >= 0.6 is 23.1 Å². The second-order valence-electron chi connectivity index (χ2n) is 6.21. The number of hydrogen-bond acceptors (Lipinski definition) is 9. The molecule has 13 heteroatoms. The first-order chi connectivity index (χ1) is 15.0. The lowest BCUT2D eigenvalue weighted by Gasteiger charge is -2.09. The molecule has 0 spiro atoms. The second-order valence-corrected chi connectivity index (χ2v) is 8.18. The fourth-order valence-corrected chi connectivity index (χ4v) is 4.29. The number of alkyl halides is 3. The van der Waals surface area contributed by atoms with E-state index in [0.717, 1.165) is 17.4 Å². The number of carbonyl (C=O) groups is 3. The number of esters is 2. The highest BCUT2D eigenvalue weighted by Gasteiger charge is 2.33. The summed E-state index contributed by atoms with van der Waals surface area (Å²) in [5, 5.41) is 2.37. The van der Waals surface area contributed by atoms with Crippen molar-refractivity contribution in [3.63, 3.8) is 0 Å². The fraction of sp³-hybridized carbons (Fsp3) is 0.421. The number of anilines is 1. The maximum Gasteiger partial charge on any atom is 0.433 e. The normalized spacial score (nSPS) is 11.2. The standard InChI is InChI=1S/C19H20F3N3O5S2/c1-5-29-16(27)13-10(4)14(17(28)30-6-2)32-15(13)25-12(26)8-31-18-23-9(3)7-11(24-18)19(20,21)22/h7H,5-6,8H2,1-4H3,(H,25,26). The molecule has 0 saturated carbocycles. The van der Waals surface area contributed by atoms with Gasteiger partial charge in [0.05, 0.1) is 24.5 Å². The molecule has 2 rings (SSSR count). The van der Waals surface area contributed by atoms with Crippen LogP contribution in [0.3, 0.4) is 0 Å². The van der Waals surface area contributed by atoms with Gasteiger partial charge in [-0.3, -0.25) is 4.79 Å². The third kappa shape index (κ3) is 6.42. The molecule has 174 valence electrons. The number of thioether (sulfide) groups is 1. The van der Waals surface area contributed by atoms with Crippen LogP contribution in [0.2, 0.25) is 0 Å².